The summed E-state index contributed by atoms with van der Waals surface area (Å²) in [5.41, 5.74) is 2.62. The quantitative estimate of drug-likeness (QED) is 0.328. The summed E-state index contributed by atoms with van der Waals surface area (Å²) in [7, 11) is 1.48. The molecule has 0 radical (unpaired) electrons. The van der Waals surface area contributed by atoms with Crippen molar-refractivity contribution in [1.82, 2.24) is 0 Å². The molecule has 5 nitrogen and oxygen atoms in total. The summed E-state index contributed by atoms with van der Waals surface area (Å²) in [6, 6.07) is 14.0. The molecule has 1 aliphatic carbocycles. The number of carboxylic acid groups (broad SMARTS) is 1. The number of aliphatic hydroxyl groups is 1. The first-order valence-electron chi connectivity index (χ1n) is 12.1. The molecule has 3 aromatic carbocycles. The summed E-state index contributed by atoms with van der Waals surface area (Å²) in [5, 5.41) is 19.0. The Labute approximate surface area is 215 Å². The lowest BCUT2D eigenvalue weighted by atomic mass is 9.79. The van der Waals surface area contributed by atoms with Crippen LogP contribution in [0.1, 0.15) is 55.9 Å². The van der Waals surface area contributed by atoms with E-state index in [-0.39, 0.29) is 23.1 Å². The molecule has 37 heavy (non-hydrogen) atoms. The van der Waals surface area contributed by atoms with Crippen molar-refractivity contribution in [3.63, 3.8) is 0 Å². The Bertz CT molecular complexity index is 1350. The average molecular weight is 509 g/mol. The highest BCUT2D eigenvalue weighted by atomic mass is 19.1. The highest BCUT2D eigenvalue weighted by Crippen LogP contribution is 2.48. The molecule has 7 heteroatoms. The van der Waals surface area contributed by atoms with Crippen molar-refractivity contribution in [2.24, 2.45) is 5.41 Å². The highest BCUT2D eigenvalue weighted by Gasteiger charge is 2.31. The van der Waals surface area contributed by atoms with E-state index in [9.17, 15) is 14.3 Å². The van der Waals surface area contributed by atoms with Crippen molar-refractivity contribution in [1.29, 1.82) is 0 Å². The van der Waals surface area contributed by atoms with Gasteiger partial charge < -0.3 is 19.7 Å². The molecule has 1 atom stereocenters. The molecule has 0 saturated heterocycles. The third-order valence-corrected chi connectivity index (χ3v) is 6.75. The van der Waals surface area contributed by atoms with Gasteiger partial charge in [0, 0.05) is 11.1 Å². The van der Waals surface area contributed by atoms with Gasteiger partial charge in [0.15, 0.2) is 0 Å². The number of ether oxygens (including phenoxy) is 2. The summed E-state index contributed by atoms with van der Waals surface area (Å²) in [5.74, 6) is -1.39. The van der Waals surface area contributed by atoms with Gasteiger partial charge in [-0.05, 0) is 83.0 Å². The Kier molecular flexibility index (Phi) is 7.64. The van der Waals surface area contributed by atoms with Crippen LogP contribution >= 0.6 is 0 Å². The van der Waals surface area contributed by atoms with Crippen LogP contribution in [0.2, 0.25) is 0 Å². The minimum atomic E-state index is -1.17. The largest absolute Gasteiger partial charge is 0.497 e. The average Bonchev–Trinajstić information content (AvgIpc) is 3.21. The molecule has 0 fully saturated rings. The van der Waals surface area contributed by atoms with E-state index in [1.165, 1.54) is 31.4 Å². The molecule has 0 amide bonds. The zero-order chi connectivity index (χ0) is 26.7. The summed E-state index contributed by atoms with van der Waals surface area (Å²) < 4.78 is 41.9. The second kappa shape index (κ2) is 10.7. The molecule has 0 aliphatic heterocycles. The highest BCUT2D eigenvalue weighted by molar-refractivity contribution is 5.85. The predicted molar refractivity (Wildman–Crippen MR) is 137 cm³/mol. The molecular formula is C30H30F2O5. The fourth-order valence-corrected chi connectivity index (χ4v) is 4.78. The molecule has 1 aliphatic rings. The monoisotopic (exact) mass is 508 g/mol. The normalized spacial score (nSPS) is 15.2. The van der Waals surface area contributed by atoms with Crippen molar-refractivity contribution in [3.8, 4) is 22.6 Å². The SMILES string of the molecule is COc1ccc(F)c(-c2c(F)cc(COc3cccc([C@H](O)CC(=O)O)c3)cc2C2=CCCC2(C)C)c1. The standard InChI is InChI=1S/C30H30F2O5/c1-30(2)11-5-8-24(30)22-12-18(13-26(32)29(22)23-15-20(36-3)9-10-25(23)31)17-37-21-7-4-6-19(14-21)27(33)16-28(34)35/h4,6-10,12-15,27,33H,5,11,16-17H2,1-3H3,(H,34,35)/t27-/m1/s1. The van der Waals surface area contributed by atoms with Gasteiger partial charge in [-0.15, -0.1) is 0 Å². The zero-order valence-electron chi connectivity index (χ0n) is 21.1. The van der Waals surface area contributed by atoms with Gasteiger partial charge in [-0.3, -0.25) is 4.79 Å². The molecule has 0 heterocycles. The van der Waals surface area contributed by atoms with Crippen LogP contribution in [0, 0.1) is 17.0 Å². The lowest BCUT2D eigenvalue weighted by Crippen LogP contribution is -2.11. The number of aliphatic carboxylic acids is 1. The fraction of sp³-hybridized carbons (Fsp3) is 0.300. The van der Waals surface area contributed by atoms with Crippen LogP contribution in [-0.4, -0.2) is 23.3 Å². The lowest BCUT2D eigenvalue weighted by Gasteiger charge is -2.26. The Balaban J connectivity index is 1.71. The first-order valence-corrected chi connectivity index (χ1v) is 12.1. The zero-order valence-corrected chi connectivity index (χ0v) is 21.1. The number of hydrogen-bond donors (Lipinski definition) is 2. The van der Waals surface area contributed by atoms with Crippen LogP contribution in [0.4, 0.5) is 8.78 Å². The molecule has 194 valence electrons. The van der Waals surface area contributed by atoms with E-state index in [1.807, 2.05) is 6.07 Å². The minimum Gasteiger partial charge on any atom is -0.497 e. The Hall–Kier alpha value is -3.71. The molecule has 0 aromatic heterocycles. The third kappa shape index (κ3) is 5.83. The summed E-state index contributed by atoms with van der Waals surface area (Å²) in [6.45, 7) is 4.20. The number of carbonyl (C=O) groups is 1. The van der Waals surface area contributed by atoms with Gasteiger partial charge in [-0.1, -0.05) is 32.1 Å². The van der Waals surface area contributed by atoms with E-state index in [0.29, 0.717) is 28.2 Å². The number of carboxylic acids is 1. The molecular weight excluding hydrogens is 478 g/mol. The third-order valence-electron chi connectivity index (χ3n) is 6.75. The maximum atomic E-state index is 15.8. The van der Waals surface area contributed by atoms with Crippen molar-refractivity contribution < 1.29 is 33.3 Å². The molecule has 3 aromatic rings. The summed E-state index contributed by atoms with van der Waals surface area (Å²) in [6.07, 6.45) is 2.23. The van der Waals surface area contributed by atoms with E-state index in [2.05, 4.69) is 19.9 Å². The van der Waals surface area contributed by atoms with E-state index >= 15 is 4.39 Å². The number of hydrogen-bond acceptors (Lipinski definition) is 4. The van der Waals surface area contributed by atoms with Crippen LogP contribution in [0.25, 0.3) is 16.7 Å². The van der Waals surface area contributed by atoms with Crippen LogP contribution < -0.4 is 9.47 Å². The smallest absolute Gasteiger partial charge is 0.306 e. The Morgan fingerprint density at radius 1 is 1.03 bits per heavy atom. The Morgan fingerprint density at radius 3 is 2.49 bits per heavy atom. The van der Waals surface area contributed by atoms with E-state index < -0.39 is 30.1 Å². The number of allylic oxidation sites excluding steroid dienone is 2. The van der Waals surface area contributed by atoms with Gasteiger partial charge in [-0.2, -0.15) is 0 Å². The van der Waals surface area contributed by atoms with Gasteiger partial charge in [0.2, 0.25) is 0 Å². The molecule has 0 saturated carbocycles. The van der Waals surface area contributed by atoms with Crippen molar-refractivity contribution in [2.75, 3.05) is 7.11 Å². The number of aliphatic hydroxyl groups excluding tert-OH is 1. The van der Waals surface area contributed by atoms with E-state index in [0.717, 1.165) is 18.4 Å². The molecule has 2 N–H and O–H groups in total. The summed E-state index contributed by atoms with van der Waals surface area (Å²) >= 11 is 0. The molecule has 4 rings (SSSR count). The molecule has 0 bridgehead atoms. The summed E-state index contributed by atoms with van der Waals surface area (Å²) in [4.78, 5) is 10.9. The van der Waals surface area contributed by atoms with E-state index in [1.54, 1.807) is 24.3 Å². The second-order valence-corrected chi connectivity index (χ2v) is 9.86. The maximum absolute atomic E-state index is 15.8. The first kappa shape index (κ1) is 26.4. The number of halogens is 2. The lowest BCUT2D eigenvalue weighted by molar-refractivity contribution is -0.139. The first-order chi connectivity index (χ1) is 17.6. The fourth-order valence-electron chi connectivity index (χ4n) is 4.78. The van der Waals surface area contributed by atoms with Crippen LogP contribution in [0.3, 0.4) is 0 Å². The van der Waals surface area contributed by atoms with Gasteiger partial charge in [0.25, 0.3) is 0 Å². The second-order valence-electron chi connectivity index (χ2n) is 9.86. The van der Waals surface area contributed by atoms with Gasteiger partial charge in [-0.25, -0.2) is 8.78 Å². The van der Waals surface area contributed by atoms with Crippen LogP contribution in [0.15, 0.2) is 60.7 Å². The minimum absolute atomic E-state index is 0.0248. The number of benzene rings is 3. The van der Waals surface area contributed by atoms with Crippen LogP contribution in [0.5, 0.6) is 11.5 Å². The Morgan fingerprint density at radius 2 is 1.81 bits per heavy atom. The number of rotatable bonds is 9. The van der Waals surface area contributed by atoms with Crippen molar-refractivity contribution >= 4 is 11.5 Å². The van der Waals surface area contributed by atoms with Gasteiger partial charge in [0.1, 0.15) is 29.7 Å². The van der Waals surface area contributed by atoms with E-state index in [4.69, 9.17) is 14.6 Å². The molecule has 0 unspecified atom stereocenters. The van der Waals surface area contributed by atoms with Crippen molar-refractivity contribution in [3.05, 3.63) is 89.0 Å². The topological polar surface area (TPSA) is 76.0 Å². The molecule has 0 spiro atoms. The van der Waals surface area contributed by atoms with Gasteiger partial charge >= 0.3 is 5.97 Å². The predicted octanol–water partition coefficient (Wildman–Crippen LogP) is 6.93. The van der Waals surface area contributed by atoms with Crippen molar-refractivity contribution in [2.45, 2.75) is 45.8 Å². The van der Waals surface area contributed by atoms with Crippen LogP contribution in [-0.2, 0) is 11.4 Å². The van der Waals surface area contributed by atoms with Gasteiger partial charge in [0.05, 0.1) is 19.6 Å². The maximum Gasteiger partial charge on any atom is 0.306 e. The number of methoxy groups -OCH3 is 1.